The molecule has 0 atom stereocenters. The van der Waals surface area contributed by atoms with Crippen LogP contribution in [-0.4, -0.2) is 52.1 Å². The standard InChI is InChI=1S/C14H22N4O2/c1-11-3-7-18(8-4-11)6-2-5-15-13-10-16-12(9-17-13)14(19)20/h9-11H,2-8H2,1H3,(H,15,17)(H,19,20). The number of carbonyl (C=O) groups is 1. The van der Waals surface area contributed by atoms with Gasteiger partial charge in [0.05, 0.1) is 12.4 Å². The van der Waals surface area contributed by atoms with Gasteiger partial charge in [-0.25, -0.2) is 14.8 Å². The average Bonchev–Trinajstić information content (AvgIpc) is 2.46. The summed E-state index contributed by atoms with van der Waals surface area (Å²) in [4.78, 5) is 21.0. The van der Waals surface area contributed by atoms with Crippen molar-refractivity contribution in [3.8, 4) is 0 Å². The predicted octanol–water partition coefficient (Wildman–Crippen LogP) is 1.71. The van der Waals surface area contributed by atoms with Crippen molar-refractivity contribution in [2.45, 2.75) is 26.2 Å². The van der Waals surface area contributed by atoms with Gasteiger partial charge in [0.1, 0.15) is 5.82 Å². The van der Waals surface area contributed by atoms with Crippen LogP contribution in [0.2, 0.25) is 0 Å². The highest BCUT2D eigenvalue weighted by atomic mass is 16.4. The number of likely N-dealkylation sites (tertiary alicyclic amines) is 1. The molecule has 2 heterocycles. The second-order valence-electron chi connectivity index (χ2n) is 5.40. The van der Waals surface area contributed by atoms with Crippen LogP contribution in [0.5, 0.6) is 0 Å². The third-order valence-electron chi connectivity index (χ3n) is 3.70. The second kappa shape index (κ2) is 7.19. The number of aromatic nitrogens is 2. The fourth-order valence-corrected chi connectivity index (χ4v) is 2.33. The van der Waals surface area contributed by atoms with Crippen LogP contribution >= 0.6 is 0 Å². The zero-order valence-corrected chi connectivity index (χ0v) is 11.9. The zero-order valence-electron chi connectivity index (χ0n) is 11.9. The lowest BCUT2D eigenvalue weighted by Gasteiger charge is -2.30. The second-order valence-corrected chi connectivity index (χ2v) is 5.40. The number of anilines is 1. The molecule has 0 amide bonds. The highest BCUT2D eigenvalue weighted by molar-refractivity contribution is 5.84. The van der Waals surface area contributed by atoms with Gasteiger partial charge in [-0.05, 0) is 44.8 Å². The summed E-state index contributed by atoms with van der Waals surface area (Å²) in [5.41, 5.74) is -0.0296. The van der Waals surface area contributed by atoms with Crippen LogP contribution < -0.4 is 5.32 Å². The topological polar surface area (TPSA) is 78.4 Å². The normalized spacial score (nSPS) is 17.1. The van der Waals surface area contributed by atoms with E-state index in [0.717, 1.165) is 25.4 Å². The SMILES string of the molecule is CC1CCN(CCCNc2cnc(C(=O)O)cn2)CC1. The van der Waals surface area contributed by atoms with Crippen LogP contribution in [0, 0.1) is 5.92 Å². The van der Waals surface area contributed by atoms with E-state index in [-0.39, 0.29) is 5.69 Å². The van der Waals surface area contributed by atoms with Crippen LogP contribution in [0.1, 0.15) is 36.7 Å². The van der Waals surface area contributed by atoms with Gasteiger partial charge >= 0.3 is 5.97 Å². The number of carboxylic acid groups (broad SMARTS) is 1. The van der Waals surface area contributed by atoms with Crippen molar-refractivity contribution < 1.29 is 9.90 Å². The molecule has 0 bridgehead atoms. The molecule has 1 aliphatic heterocycles. The predicted molar refractivity (Wildman–Crippen MR) is 76.9 cm³/mol. The van der Waals surface area contributed by atoms with E-state index in [1.807, 2.05) is 0 Å². The van der Waals surface area contributed by atoms with Gasteiger partial charge in [0.2, 0.25) is 0 Å². The van der Waals surface area contributed by atoms with Crippen LogP contribution in [0.4, 0.5) is 5.82 Å². The van der Waals surface area contributed by atoms with E-state index in [1.165, 1.54) is 38.3 Å². The lowest BCUT2D eigenvalue weighted by atomic mass is 9.99. The van der Waals surface area contributed by atoms with E-state index in [1.54, 1.807) is 0 Å². The maximum absolute atomic E-state index is 10.6. The van der Waals surface area contributed by atoms with Gasteiger partial charge < -0.3 is 15.3 Å². The summed E-state index contributed by atoms with van der Waals surface area (Å²) < 4.78 is 0. The largest absolute Gasteiger partial charge is 0.476 e. The fraction of sp³-hybridized carbons (Fsp3) is 0.643. The Morgan fingerprint density at radius 2 is 2.15 bits per heavy atom. The van der Waals surface area contributed by atoms with Gasteiger partial charge in [-0.3, -0.25) is 0 Å². The number of hydrogen-bond acceptors (Lipinski definition) is 5. The molecule has 2 N–H and O–H groups in total. The van der Waals surface area contributed by atoms with Crippen LogP contribution in [-0.2, 0) is 0 Å². The maximum atomic E-state index is 10.6. The van der Waals surface area contributed by atoms with E-state index < -0.39 is 5.97 Å². The van der Waals surface area contributed by atoms with Crippen molar-refractivity contribution in [1.29, 1.82) is 0 Å². The zero-order chi connectivity index (χ0) is 14.4. The number of hydrogen-bond donors (Lipinski definition) is 2. The quantitative estimate of drug-likeness (QED) is 0.771. The Bertz CT molecular complexity index is 427. The first-order chi connectivity index (χ1) is 9.65. The first-order valence-corrected chi connectivity index (χ1v) is 7.16. The van der Waals surface area contributed by atoms with Crippen LogP contribution in [0.25, 0.3) is 0 Å². The lowest BCUT2D eigenvalue weighted by molar-refractivity contribution is 0.0690. The van der Waals surface area contributed by atoms with Crippen molar-refractivity contribution in [3.05, 3.63) is 18.1 Å². The number of nitrogens with one attached hydrogen (secondary N) is 1. The van der Waals surface area contributed by atoms with Crippen molar-refractivity contribution in [3.63, 3.8) is 0 Å². The number of piperidine rings is 1. The maximum Gasteiger partial charge on any atom is 0.356 e. The molecule has 20 heavy (non-hydrogen) atoms. The van der Waals surface area contributed by atoms with Crippen molar-refractivity contribution in [1.82, 2.24) is 14.9 Å². The first kappa shape index (κ1) is 14.7. The Kier molecular flexibility index (Phi) is 5.29. The summed E-state index contributed by atoms with van der Waals surface area (Å²) in [5.74, 6) is 0.443. The smallest absolute Gasteiger partial charge is 0.356 e. The fourth-order valence-electron chi connectivity index (χ4n) is 2.33. The number of rotatable bonds is 6. The Morgan fingerprint density at radius 3 is 2.75 bits per heavy atom. The molecule has 0 unspecified atom stereocenters. The van der Waals surface area contributed by atoms with E-state index in [9.17, 15) is 4.79 Å². The van der Waals surface area contributed by atoms with Gasteiger partial charge in [0.25, 0.3) is 0 Å². The molecule has 0 aromatic carbocycles. The summed E-state index contributed by atoms with van der Waals surface area (Å²) in [6.07, 6.45) is 6.39. The monoisotopic (exact) mass is 278 g/mol. The third kappa shape index (κ3) is 4.45. The molecule has 1 fully saturated rings. The summed E-state index contributed by atoms with van der Waals surface area (Å²) in [5, 5.41) is 11.9. The number of nitrogens with zero attached hydrogens (tertiary/aromatic N) is 3. The number of carboxylic acids is 1. The van der Waals surface area contributed by atoms with Crippen molar-refractivity contribution >= 4 is 11.8 Å². The van der Waals surface area contributed by atoms with Crippen molar-refractivity contribution in [2.75, 3.05) is 31.5 Å². The Balaban J connectivity index is 1.64. The molecule has 1 aromatic heterocycles. The van der Waals surface area contributed by atoms with Gasteiger partial charge in [0, 0.05) is 6.54 Å². The summed E-state index contributed by atoms with van der Waals surface area (Å²) >= 11 is 0. The molecule has 2 rings (SSSR count). The van der Waals surface area contributed by atoms with Crippen LogP contribution in [0.15, 0.2) is 12.4 Å². The van der Waals surface area contributed by atoms with Gasteiger partial charge in [-0.15, -0.1) is 0 Å². The van der Waals surface area contributed by atoms with Crippen LogP contribution in [0.3, 0.4) is 0 Å². The molecule has 1 aliphatic rings. The molecule has 0 spiro atoms. The van der Waals surface area contributed by atoms with Gasteiger partial charge in [-0.1, -0.05) is 6.92 Å². The molecular formula is C14H22N4O2. The highest BCUT2D eigenvalue weighted by Gasteiger charge is 2.14. The minimum Gasteiger partial charge on any atom is -0.476 e. The molecule has 1 saturated heterocycles. The Morgan fingerprint density at radius 1 is 1.40 bits per heavy atom. The molecule has 0 saturated carbocycles. The molecule has 6 heteroatoms. The molecule has 6 nitrogen and oxygen atoms in total. The van der Waals surface area contributed by atoms with E-state index in [0.29, 0.717) is 5.82 Å². The molecule has 0 aliphatic carbocycles. The minimum atomic E-state index is -1.05. The first-order valence-electron chi connectivity index (χ1n) is 7.16. The van der Waals surface area contributed by atoms with Gasteiger partial charge in [-0.2, -0.15) is 0 Å². The number of aromatic carboxylic acids is 1. The van der Waals surface area contributed by atoms with E-state index in [2.05, 4.69) is 27.1 Å². The lowest BCUT2D eigenvalue weighted by Crippen LogP contribution is -2.34. The summed E-state index contributed by atoms with van der Waals surface area (Å²) in [7, 11) is 0. The molecule has 0 radical (unpaired) electrons. The Hall–Kier alpha value is -1.69. The van der Waals surface area contributed by atoms with Crippen molar-refractivity contribution in [2.24, 2.45) is 5.92 Å². The minimum absolute atomic E-state index is 0.0296. The average molecular weight is 278 g/mol. The summed E-state index contributed by atoms with van der Waals surface area (Å²) in [6, 6.07) is 0. The Labute approximate surface area is 119 Å². The summed E-state index contributed by atoms with van der Waals surface area (Å²) in [6.45, 7) is 6.65. The molecular weight excluding hydrogens is 256 g/mol. The third-order valence-corrected chi connectivity index (χ3v) is 3.70. The van der Waals surface area contributed by atoms with Gasteiger partial charge in [0.15, 0.2) is 5.69 Å². The highest BCUT2D eigenvalue weighted by Crippen LogP contribution is 2.15. The van der Waals surface area contributed by atoms with E-state index >= 15 is 0 Å². The molecule has 110 valence electrons. The van der Waals surface area contributed by atoms with E-state index in [4.69, 9.17) is 5.11 Å². The molecule has 1 aromatic rings.